The molecule has 0 aliphatic heterocycles. The van der Waals surface area contributed by atoms with Gasteiger partial charge in [0.1, 0.15) is 11.6 Å². The SMILES string of the molecule is COC(=O)c1c(C)[nH]c(C(=O)COc2ccc(F)cc2C(C)=O)c1C. The van der Waals surface area contributed by atoms with Crippen LogP contribution < -0.4 is 4.74 Å². The standard InChI is InChI=1S/C18H18FNO5/c1-9-16(18(23)24-4)10(2)20-17(9)14(22)8-25-15-6-5-12(19)7-13(15)11(3)21/h5-7,20H,8H2,1-4H3. The van der Waals surface area contributed by atoms with E-state index in [1.807, 2.05) is 0 Å². The van der Waals surface area contributed by atoms with E-state index in [1.165, 1.54) is 20.1 Å². The van der Waals surface area contributed by atoms with Crippen LogP contribution in [-0.2, 0) is 4.74 Å². The predicted octanol–water partition coefficient (Wildman–Crippen LogP) is 3.02. The Balaban J connectivity index is 2.22. The smallest absolute Gasteiger partial charge is 0.339 e. The van der Waals surface area contributed by atoms with Gasteiger partial charge in [0.05, 0.1) is 23.9 Å². The number of ether oxygens (including phenoxy) is 2. The summed E-state index contributed by atoms with van der Waals surface area (Å²) >= 11 is 0. The third-order valence-electron chi connectivity index (χ3n) is 3.79. The Labute approximate surface area is 143 Å². The second-order valence-electron chi connectivity index (χ2n) is 5.53. The number of methoxy groups -OCH3 is 1. The van der Waals surface area contributed by atoms with Crippen LogP contribution in [0.25, 0.3) is 0 Å². The zero-order valence-electron chi connectivity index (χ0n) is 14.4. The highest BCUT2D eigenvalue weighted by molar-refractivity contribution is 6.02. The fourth-order valence-corrected chi connectivity index (χ4v) is 2.56. The number of aromatic nitrogens is 1. The highest BCUT2D eigenvalue weighted by Gasteiger charge is 2.23. The van der Waals surface area contributed by atoms with Gasteiger partial charge in [-0.2, -0.15) is 0 Å². The number of aromatic amines is 1. The van der Waals surface area contributed by atoms with Gasteiger partial charge in [0.2, 0.25) is 5.78 Å². The largest absolute Gasteiger partial charge is 0.485 e. The third kappa shape index (κ3) is 3.76. The minimum absolute atomic E-state index is 0.0578. The van der Waals surface area contributed by atoms with Crippen molar-refractivity contribution in [3.63, 3.8) is 0 Å². The van der Waals surface area contributed by atoms with Crippen molar-refractivity contribution in [2.24, 2.45) is 0 Å². The van der Waals surface area contributed by atoms with E-state index >= 15 is 0 Å². The first kappa shape index (κ1) is 18.4. The predicted molar refractivity (Wildman–Crippen MR) is 87.8 cm³/mol. The Kier molecular flexibility index (Phi) is 5.36. The number of hydrogen-bond acceptors (Lipinski definition) is 5. The quantitative estimate of drug-likeness (QED) is 0.641. The van der Waals surface area contributed by atoms with Crippen molar-refractivity contribution in [2.45, 2.75) is 20.8 Å². The number of benzene rings is 1. The average Bonchev–Trinajstić information content (AvgIpc) is 2.87. The maximum Gasteiger partial charge on any atom is 0.339 e. The van der Waals surface area contributed by atoms with Gasteiger partial charge in [-0.25, -0.2) is 9.18 Å². The van der Waals surface area contributed by atoms with Crippen molar-refractivity contribution < 1.29 is 28.2 Å². The van der Waals surface area contributed by atoms with Gasteiger partial charge in [-0.1, -0.05) is 0 Å². The second kappa shape index (κ2) is 7.29. The molecule has 0 amide bonds. The summed E-state index contributed by atoms with van der Waals surface area (Å²) in [5, 5.41) is 0. The Hall–Kier alpha value is -2.96. The average molecular weight is 347 g/mol. The Bertz CT molecular complexity index is 853. The second-order valence-corrected chi connectivity index (χ2v) is 5.53. The number of rotatable bonds is 6. The maximum absolute atomic E-state index is 13.3. The van der Waals surface area contributed by atoms with Crippen LogP contribution in [0.15, 0.2) is 18.2 Å². The molecule has 0 aliphatic rings. The van der Waals surface area contributed by atoms with Gasteiger partial charge in [-0.05, 0) is 44.5 Å². The zero-order valence-corrected chi connectivity index (χ0v) is 14.4. The van der Waals surface area contributed by atoms with E-state index in [0.717, 1.165) is 12.1 Å². The van der Waals surface area contributed by atoms with Crippen LogP contribution in [0.3, 0.4) is 0 Å². The molecular formula is C18H18FNO5. The van der Waals surface area contributed by atoms with Crippen molar-refractivity contribution in [3.05, 3.63) is 52.1 Å². The molecule has 1 aromatic heterocycles. The van der Waals surface area contributed by atoms with Crippen LogP contribution in [0, 0.1) is 19.7 Å². The van der Waals surface area contributed by atoms with Crippen molar-refractivity contribution in [3.8, 4) is 5.75 Å². The van der Waals surface area contributed by atoms with E-state index in [2.05, 4.69) is 4.98 Å². The Morgan fingerprint density at radius 2 is 1.88 bits per heavy atom. The molecule has 0 aliphatic carbocycles. The number of carbonyl (C=O) groups is 3. The number of esters is 1. The number of halogens is 1. The van der Waals surface area contributed by atoms with E-state index in [0.29, 0.717) is 16.8 Å². The lowest BCUT2D eigenvalue weighted by Crippen LogP contribution is -2.15. The van der Waals surface area contributed by atoms with Crippen LogP contribution in [-0.4, -0.2) is 36.2 Å². The number of carbonyl (C=O) groups excluding carboxylic acids is 3. The number of Topliss-reactive ketones (excluding diaryl/α,β-unsaturated/α-hetero) is 2. The van der Waals surface area contributed by atoms with E-state index in [9.17, 15) is 18.8 Å². The summed E-state index contributed by atoms with van der Waals surface area (Å²) in [4.78, 5) is 38.6. The molecule has 1 N–H and O–H groups in total. The van der Waals surface area contributed by atoms with Crippen molar-refractivity contribution in [1.82, 2.24) is 4.98 Å². The minimum atomic E-state index is -0.567. The van der Waals surface area contributed by atoms with Gasteiger partial charge < -0.3 is 14.5 Å². The topological polar surface area (TPSA) is 85.5 Å². The first-order valence-corrected chi connectivity index (χ1v) is 7.50. The van der Waals surface area contributed by atoms with Gasteiger partial charge in [-0.15, -0.1) is 0 Å². The highest BCUT2D eigenvalue weighted by Crippen LogP contribution is 2.22. The molecule has 0 saturated heterocycles. The molecule has 0 atom stereocenters. The number of hydrogen-bond donors (Lipinski definition) is 1. The molecule has 0 bridgehead atoms. The summed E-state index contributed by atoms with van der Waals surface area (Å²) in [6, 6.07) is 3.50. The van der Waals surface area contributed by atoms with Crippen LogP contribution >= 0.6 is 0 Å². The molecule has 2 rings (SSSR count). The molecule has 2 aromatic rings. The number of aryl methyl sites for hydroxylation is 1. The molecule has 1 aromatic carbocycles. The summed E-state index contributed by atoms with van der Waals surface area (Å²) in [6.07, 6.45) is 0. The van der Waals surface area contributed by atoms with Gasteiger partial charge >= 0.3 is 5.97 Å². The van der Waals surface area contributed by atoms with Crippen molar-refractivity contribution in [1.29, 1.82) is 0 Å². The summed E-state index contributed by atoms with van der Waals surface area (Å²) in [6.45, 7) is 4.20. The lowest BCUT2D eigenvalue weighted by atomic mass is 10.1. The van der Waals surface area contributed by atoms with Crippen LogP contribution in [0.4, 0.5) is 4.39 Å². The Morgan fingerprint density at radius 3 is 2.48 bits per heavy atom. The summed E-state index contributed by atoms with van der Waals surface area (Å²) in [5.41, 5.74) is 1.56. The number of ketones is 2. The van der Waals surface area contributed by atoms with Gasteiger partial charge in [-0.3, -0.25) is 9.59 Å². The molecular weight excluding hydrogens is 329 g/mol. The van der Waals surface area contributed by atoms with E-state index < -0.39 is 17.6 Å². The monoisotopic (exact) mass is 347 g/mol. The molecule has 7 heteroatoms. The maximum atomic E-state index is 13.3. The first-order valence-electron chi connectivity index (χ1n) is 7.50. The van der Waals surface area contributed by atoms with Crippen molar-refractivity contribution >= 4 is 17.5 Å². The highest BCUT2D eigenvalue weighted by atomic mass is 19.1. The van der Waals surface area contributed by atoms with E-state index in [4.69, 9.17) is 9.47 Å². The first-order chi connectivity index (χ1) is 11.8. The lowest BCUT2D eigenvalue weighted by Gasteiger charge is -2.09. The molecule has 0 saturated carbocycles. The van der Waals surface area contributed by atoms with Crippen molar-refractivity contribution in [2.75, 3.05) is 13.7 Å². The molecule has 25 heavy (non-hydrogen) atoms. The lowest BCUT2D eigenvalue weighted by molar-refractivity contribution is 0.0599. The zero-order chi connectivity index (χ0) is 18.7. The molecule has 0 fully saturated rings. The third-order valence-corrected chi connectivity index (χ3v) is 3.79. The van der Waals surface area contributed by atoms with E-state index in [-0.39, 0.29) is 29.4 Å². The molecule has 1 heterocycles. The fraction of sp³-hybridized carbons (Fsp3) is 0.278. The van der Waals surface area contributed by atoms with E-state index in [1.54, 1.807) is 13.8 Å². The molecule has 0 spiro atoms. The number of H-pyrrole nitrogens is 1. The summed E-state index contributed by atoms with van der Waals surface area (Å²) in [5.74, 6) is -1.76. The van der Waals surface area contributed by atoms with Crippen LogP contribution in [0.1, 0.15) is 49.4 Å². The van der Waals surface area contributed by atoms with Crippen LogP contribution in [0.5, 0.6) is 5.75 Å². The molecule has 6 nitrogen and oxygen atoms in total. The molecule has 0 unspecified atom stereocenters. The minimum Gasteiger partial charge on any atom is -0.485 e. The molecule has 132 valence electrons. The van der Waals surface area contributed by atoms with Gasteiger partial charge in [0, 0.05) is 5.69 Å². The normalized spacial score (nSPS) is 10.4. The summed E-state index contributed by atoms with van der Waals surface area (Å²) < 4.78 is 23.3. The van der Waals surface area contributed by atoms with Gasteiger partial charge in [0.25, 0.3) is 0 Å². The summed E-state index contributed by atoms with van der Waals surface area (Å²) in [7, 11) is 1.26. The van der Waals surface area contributed by atoms with Gasteiger partial charge in [0.15, 0.2) is 12.4 Å². The molecule has 0 radical (unpaired) electrons. The fourth-order valence-electron chi connectivity index (χ4n) is 2.56. The number of nitrogens with one attached hydrogen (secondary N) is 1. The van der Waals surface area contributed by atoms with Crippen LogP contribution in [0.2, 0.25) is 0 Å². The Morgan fingerprint density at radius 1 is 1.20 bits per heavy atom.